The Balaban J connectivity index is 2.17. The maximum Gasteiger partial charge on any atom is 0.183 e. The van der Waals surface area contributed by atoms with E-state index in [2.05, 4.69) is 124 Å². The van der Waals surface area contributed by atoms with Crippen LogP contribution >= 0.6 is 7.26 Å². The van der Waals surface area contributed by atoms with Crippen molar-refractivity contribution in [2.24, 2.45) is 5.41 Å². The van der Waals surface area contributed by atoms with E-state index in [1.165, 1.54) is 15.9 Å². The molecule has 0 N–H and O–H groups in total. The first-order chi connectivity index (χ1) is 13.7. The van der Waals surface area contributed by atoms with E-state index in [4.69, 9.17) is 4.43 Å². The molecule has 1 nitrogen and oxygen atoms in total. The molecular formula is C26H34OPSi+. The molecule has 0 heterocycles. The van der Waals surface area contributed by atoms with E-state index in [0.29, 0.717) is 0 Å². The van der Waals surface area contributed by atoms with Gasteiger partial charge in [-0.25, -0.2) is 0 Å². The Hall–Kier alpha value is -1.73. The lowest BCUT2D eigenvalue weighted by Gasteiger charge is -2.36. The smallest absolute Gasteiger partial charge is 0.183 e. The van der Waals surface area contributed by atoms with Crippen molar-refractivity contribution in [2.75, 3.05) is 12.8 Å². The molecular weight excluding hydrogens is 387 g/mol. The summed E-state index contributed by atoms with van der Waals surface area (Å²) >= 11 is 0. The van der Waals surface area contributed by atoms with Gasteiger partial charge in [-0.1, -0.05) is 68.4 Å². The molecule has 0 amide bonds. The van der Waals surface area contributed by atoms with Crippen molar-refractivity contribution in [3.63, 3.8) is 0 Å². The Morgan fingerprint density at radius 3 is 1.31 bits per heavy atom. The summed E-state index contributed by atoms with van der Waals surface area (Å²) in [5, 5.41) is 4.33. The molecule has 0 aliphatic rings. The fourth-order valence-electron chi connectivity index (χ4n) is 3.87. The van der Waals surface area contributed by atoms with Crippen LogP contribution in [-0.2, 0) is 4.43 Å². The summed E-state index contributed by atoms with van der Waals surface area (Å²) in [4.78, 5) is 0. The zero-order chi connectivity index (χ0) is 21.0. The van der Waals surface area contributed by atoms with Gasteiger partial charge < -0.3 is 4.43 Å². The molecule has 0 radical (unpaired) electrons. The minimum Gasteiger partial charge on any atom is -0.417 e. The molecule has 0 atom stereocenters. The fourth-order valence-corrected chi connectivity index (χ4v) is 9.55. The summed E-state index contributed by atoms with van der Waals surface area (Å²) < 4.78 is 6.40. The van der Waals surface area contributed by atoms with Crippen LogP contribution in [0.1, 0.15) is 13.8 Å². The zero-order valence-electron chi connectivity index (χ0n) is 18.4. The molecule has 3 aromatic rings. The second kappa shape index (κ2) is 8.96. The van der Waals surface area contributed by atoms with Crippen molar-refractivity contribution in [3.05, 3.63) is 91.0 Å². The Labute approximate surface area is 178 Å². The highest BCUT2D eigenvalue weighted by Gasteiger charge is 2.49. The van der Waals surface area contributed by atoms with E-state index in [1.807, 2.05) is 0 Å². The molecule has 0 spiro atoms. The summed E-state index contributed by atoms with van der Waals surface area (Å²) in [5.41, 5.74) is 0.0651. The zero-order valence-corrected chi connectivity index (χ0v) is 20.3. The Morgan fingerprint density at radius 2 is 1.00 bits per heavy atom. The van der Waals surface area contributed by atoms with Gasteiger partial charge in [0, 0.05) is 12.0 Å². The first-order valence-corrected chi connectivity index (χ1v) is 15.8. The van der Waals surface area contributed by atoms with Crippen LogP contribution in [-0.4, -0.2) is 21.1 Å². The molecule has 3 aromatic carbocycles. The molecule has 152 valence electrons. The van der Waals surface area contributed by atoms with Gasteiger partial charge in [-0.3, -0.25) is 0 Å². The van der Waals surface area contributed by atoms with Gasteiger partial charge >= 0.3 is 0 Å². The van der Waals surface area contributed by atoms with Crippen molar-refractivity contribution in [1.82, 2.24) is 0 Å². The Morgan fingerprint density at radius 1 is 0.655 bits per heavy atom. The van der Waals surface area contributed by atoms with E-state index in [-0.39, 0.29) is 5.41 Å². The normalized spacial score (nSPS) is 12.7. The van der Waals surface area contributed by atoms with E-state index in [0.717, 1.165) is 12.8 Å². The van der Waals surface area contributed by atoms with Crippen molar-refractivity contribution in [1.29, 1.82) is 0 Å². The topological polar surface area (TPSA) is 9.23 Å². The van der Waals surface area contributed by atoms with Crippen LogP contribution in [0.5, 0.6) is 0 Å². The molecule has 0 aliphatic carbocycles. The average molecular weight is 422 g/mol. The maximum atomic E-state index is 6.40. The Kier molecular flexibility index (Phi) is 6.78. The fraction of sp³-hybridized carbons (Fsp3) is 0.308. The van der Waals surface area contributed by atoms with Gasteiger partial charge in [-0.2, -0.15) is 0 Å². The SMILES string of the molecule is CC(C)(CO[Si](C)(C)C)C[P+](c1ccccc1)(c1ccccc1)c1ccccc1. The molecule has 3 heteroatoms. The summed E-state index contributed by atoms with van der Waals surface area (Å²) in [6, 6.07) is 33.4. The van der Waals surface area contributed by atoms with Crippen LogP contribution in [0.4, 0.5) is 0 Å². The first kappa shape index (κ1) is 22.0. The largest absolute Gasteiger partial charge is 0.417 e. The second-order valence-corrected chi connectivity index (χ2v) is 17.5. The lowest BCUT2D eigenvalue weighted by atomic mass is 9.98. The van der Waals surface area contributed by atoms with E-state index < -0.39 is 15.6 Å². The van der Waals surface area contributed by atoms with Gasteiger partial charge in [0.2, 0.25) is 0 Å². The van der Waals surface area contributed by atoms with Crippen LogP contribution in [0.25, 0.3) is 0 Å². The molecule has 0 saturated carbocycles. The summed E-state index contributed by atoms with van der Waals surface area (Å²) in [5.74, 6) is 0. The summed E-state index contributed by atoms with van der Waals surface area (Å²) in [6.07, 6.45) is 1.09. The highest BCUT2D eigenvalue weighted by atomic mass is 31.2. The summed E-state index contributed by atoms with van der Waals surface area (Å²) in [6.45, 7) is 12.4. The van der Waals surface area contributed by atoms with Gasteiger partial charge in [0.1, 0.15) is 23.2 Å². The van der Waals surface area contributed by atoms with Gasteiger partial charge in [0.25, 0.3) is 0 Å². The quantitative estimate of drug-likeness (QED) is 0.327. The third kappa shape index (κ3) is 5.45. The number of rotatable bonds is 8. The minimum absolute atomic E-state index is 0.0651. The first-order valence-electron chi connectivity index (χ1n) is 10.4. The molecule has 0 aromatic heterocycles. The molecule has 0 fully saturated rings. The standard InChI is InChI=1S/C26H34OPSi/c1-26(2,21-27-29(3,4)5)22-28(23-15-9-6-10-16-23,24-17-11-7-12-18-24)25-19-13-8-14-20-25/h6-20H,21-22H2,1-5H3/q+1. The van der Waals surface area contributed by atoms with E-state index >= 15 is 0 Å². The van der Waals surface area contributed by atoms with Crippen molar-refractivity contribution in [3.8, 4) is 0 Å². The molecule has 3 rings (SSSR count). The van der Waals surface area contributed by atoms with E-state index in [9.17, 15) is 0 Å². The van der Waals surface area contributed by atoms with Gasteiger partial charge in [0.15, 0.2) is 8.32 Å². The third-order valence-electron chi connectivity index (χ3n) is 5.15. The third-order valence-corrected chi connectivity index (χ3v) is 11.0. The highest BCUT2D eigenvalue weighted by Crippen LogP contribution is 2.58. The van der Waals surface area contributed by atoms with Gasteiger partial charge in [0.05, 0.1) is 6.16 Å². The van der Waals surface area contributed by atoms with Crippen LogP contribution in [0, 0.1) is 5.41 Å². The monoisotopic (exact) mass is 421 g/mol. The molecule has 0 saturated heterocycles. The Bertz CT molecular complexity index is 790. The number of hydrogen-bond donors (Lipinski definition) is 0. The predicted octanol–water partition coefficient (Wildman–Crippen LogP) is 5.86. The van der Waals surface area contributed by atoms with Crippen LogP contribution in [0.15, 0.2) is 91.0 Å². The average Bonchev–Trinajstić information content (AvgIpc) is 2.72. The molecule has 0 bridgehead atoms. The summed E-state index contributed by atoms with van der Waals surface area (Å²) in [7, 11) is -3.39. The van der Waals surface area contributed by atoms with E-state index in [1.54, 1.807) is 0 Å². The van der Waals surface area contributed by atoms with Crippen molar-refractivity contribution in [2.45, 2.75) is 33.5 Å². The van der Waals surface area contributed by atoms with Crippen molar-refractivity contribution >= 4 is 31.5 Å². The molecule has 0 unspecified atom stereocenters. The lowest BCUT2D eigenvalue weighted by Crippen LogP contribution is -2.41. The number of benzene rings is 3. The van der Waals surface area contributed by atoms with Gasteiger partial charge in [-0.15, -0.1) is 0 Å². The lowest BCUT2D eigenvalue weighted by molar-refractivity contribution is 0.195. The molecule has 29 heavy (non-hydrogen) atoms. The van der Waals surface area contributed by atoms with Crippen molar-refractivity contribution < 1.29 is 4.43 Å². The minimum atomic E-state index is -1.82. The maximum absolute atomic E-state index is 6.40. The van der Waals surface area contributed by atoms with Crippen LogP contribution in [0.2, 0.25) is 19.6 Å². The van der Waals surface area contributed by atoms with Crippen LogP contribution < -0.4 is 15.9 Å². The van der Waals surface area contributed by atoms with Crippen LogP contribution in [0.3, 0.4) is 0 Å². The highest BCUT2D eigenvalue weighted by molar-refractivity contribution is 7.95. The number of hydrogen-bond acceptors (Lipinski definition) is 1. The van der Waals surface area contributed by atoms with Gasteiger partial charge in [-0.05, 0) is 56.0 Å². The molecule has 0 aliphatic heterocycles. The second-order valence-electron chi connectivity index (χ2n) is 9.54. The predicted molar refractivity (Wildman–Crippen MR) is 133 cm³/mol.